The number of H-pyrrole nitrogens is 1. The number of aromatic nitrogens is 1. The summed E-state index contributed by atoms with van der Waals surface area (Å²) in [6, 6.07) is 1.73. The van der Waals surface area contributed by atoms with E-state index in [2.05, 4.69) is 4.98 Å². The molecule has 1 aromatic heterocycles. The van der Waals surface area contributed by atoms with E-state index in [9.17, 15) is 9.59 Å². The quantitative estimate of drug-likeness (QED) is 0.658. The predicted molar refractivity (Wildman–Crippen MR) is 54.7 cm³/mol. The first-order valence-corrected chi connectivity index (χ1v) is 4.84. The van der Waals surface area contributed by atoms with E-state index in [1.165, 1.54) is 0 Å². The first-order valence-electron chi connectivity index (χ1n) is 4.84. The molecule has 0 spiro atoms. The molecular weight excluding hydrogens is 194 g/mol. The van der Waals surface area contributed by atoms with Crippen molar-refractivity contribution in [2.75, 3.05) is 0 Å². The Kier molecular flexibility index (Phi) is 1.96. The Labute approximate surface area is 87.3 Å². The van der Waals surface area contributed by atoms with Crippen molar-refractivity contribution in [3.05, 3.63) is 33.7 Å². The molecule has 80 valence electrons. The van der Waals surface area contributed by atoms with Crippen LogP contribution in [0, 0.1) is 5.41 Å². The second-order valence-corrected chi connectivity index (χ2v) is 4.79. The van der Waals surface area contributed by atoms with Gasteiger partial charge in [0.05, 0.1) is 0 Å². The minimum atomic E-state index is -0.522. The van der Waals surface area contributed by atoms with Crippen LogP contribution in [0.3, 0.4) is 0 Å². The van der Waals surface area contributed by atoms with Gasteiger partial charge in [0.25, 0.3) is 5.56 Å². The maximum atomic E-state index is 11.5. The number of esters is 1. The molecule has 4 nitrogen and oxygen atoms in total. The van der Waals surface area contributed by atoms with Crippen LogP contribution in [0.5, 0.6) is 0 Å². The Balaban J connectivity index is 2.62. The number of cyclic esters (lactones) is 1. The number of aromatic amines is 1. The molecule has 2 rings (SSSR count). The zero-order valence-corrected chi connectivity index (χ0v) is 8.96. The van der Waals surface area contributed by atoms with Crippen molar-refractivity contribution in [3.63, 3.8) is 0 Å². The van der Waals surface area contributed by atoms with Crippen LogP contribution in [0.1, 0.15) is 42.8 Å². The molecule has 4 heteroatoms. The Morgan fingerprint density at radius 1 is 1.33 bits per heavy atom. The van der Waals surface area contributed by atoms with Crippen LogP contribution in [0.25, 0.3) is 0 Å². The van der Waals surface area contributed by atoms with Gasteiger partial charge in [0.15, 0.2) is 0 Å². The van der Waals surface area contributed by atoms with Crippen molar-refractivity contribution in [1.29, 1.82) is 0 Å². The number of pyridine rings is 1. The summed E-state index contributed by atoms with van der Waals surface area (Å²) < 4.78 is 5.22. The van der Waals surface area contributed by atoms with Crippen LogP contribution >= 0.6 is 0 Å². The summed E-state index contributed by atoms with van der Waals surface area (Å²) in [7, 11) is 0. The number of rotatable bonds is 0. The van der Waals surface area contributed by atoms with Gasteiger partial charge in [0, 0.05) is 17.2 Å². The van der Waals surface area contributed by atoms with E-state index in [1.807, 2.05) is 20.8 Å². The van der Waals surface area contributed by atoms with Crippen LogP contribution in [-0.2, 0) is 4.74 Å². The van der Waals surface area contributed by atoms with Crippen LogP contribution in [0.2, 0.25) is 0 Å². The molecule has 1 atom stereocenters. The van der Waals surface area contributed by atoms with Gasteiger partial charge in [0.1, 0.15) is 11.7 Å². The van der Waals surface area contributed by atoms with Crippen molar-refractivity contribution < 1.29 is 9.53 Å². The highest BCUT2D eigenvalue weighted by Gasteiger charge is 2.40. The van der Waals surface area contributed by atoms with E-state index in [0.717, 1.165) is 0 Å². The average Bonchev–Trinajstić information content (AvgIpc) is 2.44. The normalized spacial score (nSPS) is 19.9. The molecule has 1 aliphatic heterocycles. The molecule has 0 radical (unpaired) electrons. The molecule has 1 unspecified atom stereocenters. The van der Waals surface area contributed by atoms with Crippen LogP contribution in [-0.4, -0.2) is 11.0 Å². The molecule has 1 aromatic rings. The lowest BCUT2D eigenvalue weighted by Gasteiger charge is -2.25. The van der Waals surface area contributed by atoms with Gasteiger partial charge < -0.3 is 9.72 Å². The molecule has 2 heterocycles. The summed E-state index contributed by atoms with van der Waals surface area (Å²) in [6.45, 7) is 5.92. The minimum absolute atomic E-state index is 0.150. The standard InChI is InChI=1S/C11H13NO3/c1-11(2,3)8-6-4-5-12-9(13)7(6)10(14)15-8/h4-5,8H,1-3H3,(H,12,13). The summed E-state index contributed by atoms with van der Waals surface area (Å²) in [5.41, 5.74) is 0.271. The molecular formula is C11H13NO3. The van der Waals surface area contributed by atoms with Crippen molar-refractivity contribution in [3.8, 4) is 0 Å². The number of ether oxygens (including phenoxy) is 1. The number of fused-ring (bicyclic) bond motifs is 1. The Morgan fingerprint density at radius 2 is 2.00 bits per heavy atom. The lowest BCUT2D eigenvalue weighted by Crippen LogP contribution is -2.18. The highest BCUT2D eigenvalue weighted by Crippen LogP contribution is 2.41. The monoisotopic (exact) mass is 207 g/mol. The van der Waals surface area contributed by atoms with Crippen molar-refractivity contribution in [2.45, 2.75) is 26.9 Å². The third kappa shape index (κ3) is 1.46. The van der Waals surface area contributed by atoms with Crippen LogP contribution < -0.4 is 5.56 Å². The SMILES string of the molecule is CC(C)(C)C1OC(=O)c2c1cc[nH]c2=O. The minimum Gasteiger partial charge on any atom is -0.453 e. The number of carbonyl (C=O) groups excluding carboxylic acids is 1. The topological polar surface area (TPSA) is 59.2 Å². The molecule has 15 heavy (non-hydrogen) atoms. The van der Waals surface area contributed by atoms with E-state index in [-0.39, 0.29) is 22.6 Å². The molecule has 0 saturated carbocycles. The molecule has 0 fully saturated rings. The molecule has 0 aromatic carbocycles. The average molecular weight is 207 g/mol. The third-order valence-corrected chi connectivity index (χ3v) is 2.49. The van der Waals surface area contributed by atoms with E-state index >= 15 is 0 Å². The number of carbonyl (C=O) groups is 1. The largest absolute Gasteiger partial charge is 0.453 e. The second kappa shape index (κ2) is 2.95. The van der Waals surface area contributed by atoms with Gasteiger partial charge in [0.2, 0.25) is 0 Å². The van der Waals surface area contributed by atoms with Gasteiger partial charge >= 0.3 is 5.97 Å². The molecule has 1 aliphatic rings. The second-order valence-electron chi connectivity index (χ2n) is 4.79. The smallest absolute Gasteiger partial charge is 0.344 e. The number of hydrogen-bond donors (Lipinski definition) is 1. The Morgan fingerprint density at radius 3 is 2.60 bits per heavy atom. The fraction of sp³-hybridized carbons (Fsp3) is 0.455. The van der Waals surface area contributed by atoms with E-state index in [0.29, 0.717) is 5.56 Å². The highest BCUT2D eigenvalue weighted by atomic mass is 16.5. The van der Waals surface area contributed by atoms with Crippen LogP contribution in [0.15, 0.2) is 17.1 Å². The van der Waals surface area contributed by atoms with Gasteiger partial charge in [-0.05, 0) is 6.07 Å². The Hall–Kier alpha value is -1.58. The molecule has 0 aliphatic carbocycles. The lowest BCUT2D eigenvalue weighted by atomic mass is 9.85. The number of nitrogens with one attached hydrogen (secondary N) is 1. The lowest BCUT2D eigenvalue weighted by molar-refractivity contribution is 0.00774. The first kappa shape index (κ1) is 9.96. The van der Waals surface area contributed by atoms with E-state index < -0.39 is 5.97 Å². The summed E-state index contributed by atoms with van der Waals surface area (Å²) >= 11 is 0. The summed E-state index contributed by atoms with van der Waals surface area (Å²) in [5.74, 6) is -0.522. The van der Waals surface area contributed by atoms with Gasteiger partial charge in [-0.2, -0.15) is 0 Å². The van der Waals surface area contributed by atoms with Gasteiger partial charge in [-0.25, -0.2) is 4.79 Å². The molecule has 0 bridgehead atoms. The summed E-state index contributed by atoms with van der Waals surface area (Å²) in [4.78, 5) is 25.4. The molecule has 0 saturated heterocycles. The number of hydrogen-bond acceptors (Lipinski definition) is 3. The maximum Gasteiger partial charge on any atom is 0.344 e. The van der Waals surface area contributed by atoms with Crippen molar-refractivity contribution in [1.82, 2.24) is 4.98 Å². The van der Waals surface area contributed by atoms with Crippen molar-refractivity contribution >= 4 is 5.97 Å². The van der Waals surface area contributed by atoms with Gasteiger partial charge in [-0.1, -0.05) is 20.8 Å². The first-order chi connectivity index (χ1) is 6.91. The van der Waals surface area contributed by atoms with Gasteiger partial charge in [-0.15, -0.1) is 0 Å². The fourth-order valence-corrected chi connectivity index (χ4v) is 1.80. The van der Waals surface area contributed by atoms with Crippen LogP contribution in [0.4, 0.5) is 0 Å². The zero-order chi connectivity index (χ0) is 11.2. The van der Waals surface area contributed by atoms with Gasteiger partial charge in [-0.3, -0.25) is 4.79 Å². The Bertz CT molecular complexity index is 467. The predicted octanol–water partition coefficient (Wildman–Crippen LogP) is 1.63. The van der Waals surface area contributed by atoms with E-state index in [4.69, 9.17) is 4.74 Å². The maximum absolute atomic E-state index is 11.5. The zero-order valence-electron chi connectivity index (χ0n) is 8.96. The highest BCUT2D eigenvalue weighted by molar-refractivity contribution is 5.93. The summed E-state index contributed by atoms with van der Waals surface area (Å²) in [6.07, 6.45) is 1.21. The molecule has 0 amide bonds. The van der Waals surface area contributed by atoms with Crippen molar-refractivity contribution in [2.24, 2.45) is 5.41 Å². The summed E-state index contributed by atoms with van der Waals surface area (Å²) in [5, 5.41) is 0. The fourth-order valence-electron chi connectivity index (χ4n) is 1.80. The van der Waals surface area contributed by atoms with E-state index in [1.54, 1.807) is 12.3 Å². The third-order valence-electron chi connectivity index (χ3n) is 2.49. The molecule has 1 N–H and O–H groups in total.